The highest BCUT2D eigenvalue weighted by Crippen LogP contribution is 2.14. The van der Waals surface area contributed by atoms with Crippen molar-refractivity contribution in [2.75, 3.05) is 20.6 Å². The molecule has 0 radical (unpaired) electrons. The molecule has 5 heteroatoms. The Bertz CT molecular complexity index is 331. The molecule has 1 heterocycles. The highest BCUT2D eigenvalue weighted by atomic mass is 16.5. The minimum absolute atomic E-state index is 0.0376. The highest BCUT2D eigenvalue weighted by Gasteiger charge is 2.18. The van der Waals surface area contributed by atoms with Crippen LogP contribution in [0.25, 0.3) is 0 Å². The third kappa shape index (κ3) is 2.32. The summed E-state index contributed by atoms with van der Waals surface area (Å²) >= 11 is 0. The lowest BCUT2D eigenvalue weighted by Crippen LogP contribution is -2.16. The highest BCUT2D eigenvalue weighted by molar-refractivity contribution is 5.86. The average Bonchev–Trinajstić information content (AvgIpc) is 2.43. The van der Waals surface area contributed by atoms with Crippen molar-refractivity contribution in [1.82, 2.24) is 10.1 Å². The molecule has 0 spiro atoms. The largest absolute Gasteiger partial charge is 0.475 e. The van der Waals surface area contributed by atoms with E-state index in [-0.39, 0.29) is 5.76 Å². The zero-order chi connectivity index (χ0) is 10.7. The fourth-order valence-corrected chi connectivity index (χ4v) is 1.19. The van der Waals surface area contributed by atoms with E-state index in [1.165, 1.54) is 0 Å². The van der Waals surface area contributed by atoms with Gasteiger partial charge in [-0.25, -0.2) is 4.79 Å². The van der Waals surface area contributed by atoms with E-state index in [9.17, 15) is 4.79 Å². The lowest BCUT2D eigenvalue weighted by atomic mass is 10.1. The molecule has 0 saturated heterocycles. The molecule has 0 amide bonds. The van der Waals surface area contributed by atoms with E-state index >= 15 is 0 Å². The minimum atomic E-state index is -1.06. The molecule has 1 N–H and O–H groups in total. The fourth-order valence-electron chi connectivity index (χ4n) is 1.19. The number of nitrogens with zero attached hydrogens (tertiary/aromatic N) is 2. The molecule has 0 aliphatic rings. The lowest BCUT2D eigenvalue weighted by molar-refractivity contribution is 0.0650. The van der Waals surface area contributed by atoms with Crippen LogP contribution in [0.2, 0.25) is 0 Å². The van der Waals surface area contributed by atoms with Gasteiger partial charge in [0.25, 0.3) is 0 Å². The average molecular weight is 198 g/mol. The summed E-state index contributed by atoms with van der Waals surface area (Å²) in [6.07, 6.45) is 0.643. The zero-order valence-electron chi connectivity index (χ0n) is 8.57. The second kappa shape index (κ2) is 4.23. The van der Waals surface area contributed by atoms with E-state index in [0.29, 0.717) is 17.7 Å². The molecule has 0 aromatic carbocycles. The number of hydrogen-bond acceptors (Lipinski definition) is 4. The number of carboxylic acids is 1. The van der Waals surface area contributed by atoms with Gasteiger partial charge in [-0.1, -0.05) is 5.16 Å². The number of rotatable bonds is 4. The number of aromatic carboxylic acids is 1. The van der Waals surface area contributed by atoms with Gasteiger partial charge in [0.2, 0.25) is 5.76 Å². The molecule has 0 fully saturated rings. The SMILES string of the molecule is Cc1noc(C(=O)O)c1CCN(C)C. The lowest BCUT2D eigenvalue weighted by Gasteiger charge is -2.08. The molecule has 0 aliphatic heterocycles. The first kappa shape index (κ1) is 10.7. The first-order valence-electron chi connectivity index (χ1n) is 4.35. The molecule has 5 nitrogen and oxygen atoms in total. The van der Waals surface area contributed by atoms with Crippen LogP contribution in [0.15, 0.2) is 4.52 Å². The quantitative estimate of drug-likeness (QED) is 0.774. The Hall–Kier alpha value is -1.36. The van der Waals surface area contributed by atoms with Gasteiger partial charge >= 0.3 is 5.97 Å². The standard InChI is InChI=1S/C9H14N2O3/c1-6-7(4-5-11(2)3)8(9(12)13)14-10-6/h4-5H2,1-3H3,(H,12,13). The molecule has 14 heavy (non-hydrogen) atoms. The van der Waals surface area contributed by atoms with E-state index < -0.39 is 5.97 Å². The maximum Gasteiger partial charge on any atom is 0.375 e. The van der Waals surface area contributed by atoms with E-state index in [2.05, 4.69) is 5.16 Å². The Labute approximate surface area is 82.3 Å². The van der Waals surface area contributed by atoms with Crippen LogP contribution < -0.4 is 0 Å². The first-order valence-corrected chi connectivity index (χ1v) is 4.35. The summed E-state index contributed by atoms with van der Waals surface area (Å²) in [5, 5.41) is 12.4. The van der Waals surface area contributed by atoms with Gasteiger partial charge in [0, 0.05) is 12.1 Å². The van der Waals surface area contributed by atoms with Gasteiger partial charge in [0.05, 0.1) is 5.69 Å². The molecular weight excluding hydrogens is 184 g/mol. The van der Waals surface area contributed by atoms with Gasteiger partial charge in [0.1, 0.15) is 0 Å². The van der Waals surface area contributed by atoms with Crippen molar-refractivity contribution in [3.8, 4) is 0 Å². The molecule has 0 atom stereocenters. The Kier molecular flexibility index (Phi) is 3.24. The summed E-state index contributed by atoms with van der Waals surface area (Å²) < 4.78 is 4.72. The molecule has 0 aliphatic carbocycles. The Morgan fingerprint density at radius 3 is 2.71 bits per heavy atom. The van der Waals surface area contributed by atoms with Crippen molar-refractivity contribution in [2.24, 2.45) is 0 Å². The van der Waals surface area contributed by atoms with Crippen molar-refractivity contribution in [3.63, 3.8) is 0 Å². The molecule has 0 saturated carbocycles. The smallest absolute Gasteiger partial charge is 0.375 e. The normalized spacial score (nSPS) is 10.9. The van der Waals surface area contributed by atoms with E-state index in [1.807, 2.05) is 19.0 Å². The van der Waals surface area contributed by atoms with Crippen LogP contribution >= 0.6 is 0 Å². The third-order valence-electron chi connectivity index (χ3n) is 1.99. The van der Waals surface area contributed by atoms with E-state index in [1.54, 1.807) is 6.92 Å². The predicted molar refractivity (Wildman–Crippen MR) is 50.5 cm³/mol. The summed E-state index contributed by atoms with van der Waals surface area (Å²) in [6, 6.07) is 0. The summed E-state index contributed by atoms with van der Waals surface area (Å²) in [7, 11) is 3.87. The van der Waals surface area contributed by atoms with Crippen molar-refractivity contribution < 1.29 is 14.4 Å². The van der Waals surface area contributed by atoms with Crippen molar-refractivity contribution in [3.05, 3.63) is 17.0 Å². The molecule has 0 unspecified atom stereocenters. The van der Waals surface area contributed by atoms with Gasteiger partial charge in [0.15, 0.2) is 0 Å². The van der Waals surface area contributed by atoms with Crippen LogP contribution in [-0.2, 0) is 6.42 Å². The monoisotopic (exact) mass is 198 g/mol. The van der Waals surface area contributed by atoms with Crippen LogP contribution in [0.3, 0.4) is 0 Å². The molecule has 1 aromatic heterocycles. The second-order valence-electron chi connectivity index (χ2n) is 3.43. The van der Waals surface area contributed by atoms with Crippen molar-refractivity contribution >= 4 is 5.97 Å². The minimum Gasteiger partial charge on any atom is -0.475 e. The fraction of sp³-hybridized carbons (Fsp3) is 0.556. The van der Waals surface area contributed by atoms with E-state index in [4.69, 9.17) is 9.63 Å². The van der Waals surface area contributed by atoms with Crippen LogP contribution in [0.4, 0.5) is 0 Å². The number of aromatic nitrogens is 1. The maximum absolute atomic E-state index is 10.7. The summed E-state index contributed by atoms with van der Waals surface area (Å²) in [6.45, 7) is 2.53. The number of likely N-dealkylation sites (N-methyl/N-ethyl adjacent to an activating group) is 1. The summed E-state index contributed by atoms with van der Waals surface area (Å²) in [5.74, 6) is -1.09. The van der Waals surface area contributed by atoms with Gasteiger partial charge in [-0.3, -0.25) is 0 Å². The summed E-state index contributed by atoms with van der Waals surface area (Å²) in [5.41, 5.74) is 1.34. The third-order valence-corrected chi connectivity index (χ3v) is 1.99. The summed E-state index contributed by atoms with van der Waals surface area (Å²) in [4.78, 5) is 12.7. The zero-order valence-corrected chi connectivity index (χ0v) is 8.57. The van der Waals surface area contributed by atoms with Crippen LogP contribution in [0, 0.1) is 6.92 Å². The molecule has 1 rings (SSSR count). The number of carboxylic acid groups (broad SMARTS) is 1. The van der Waals surface area contributed by atoms with Gasteiger partial charge < -0.3 is 14.5 Å². The van der Waals surface area contributed by atoms with Crippen LogP contribution in [0.1, 0.15) is 21.8 Å². The van der Waals surface area contributed by atoms with Crippen LogP contribution in [-0.4, -0.2) is 41.8 Å². The molecule has 1 aromatic rings. The number of aryl methyl sites for hydroxylation is 1. The Balaban J connectivity index is 2.83. The molecule has 0 bridgehead atoms. The van der Waals surface area contributed by atoms with Gasteiger partial charge in [-0.05, 0) is 27.4 Å². The van der Waals surface area contributed by atoms with Gasteiger partial charge in [-0.15, -0.1) is 0 Å². The number of carbonyl (C=O) groups is 1. The van der Waals surface area contributed by atoms with Crippen molar-refractivity contribution in [1.29, 1.82) is 0 Å². The van der Waals surface area contributed by atoms with E-state index in [0.717, 1.165) is 6.54 Å². The Morgan fingerprint density at radius 2 is 2.21 bits per heavy atom. The second-order valence-corrected chi connectivity index (χ2v) is 3.43. The topological polar surface area (TPSA) is 66.6 Å². The first-order chi connectivity index (χ1) is 6.52. The molecule has 78 valence electrons. The van der Waals surface area contributed by atoms with Gasteiger partial charge in [-0.2, -0.15) is 0 Å². The number of hydrogen-bond donors (Lipinski definition) is 1. The Morgan fingerprint density at radius 1 is 1.57 bits per heavy atom. The van der Waals surface area contributed by atoms with Crippen molar-refractivity contribution in [2.45, 2.75) is 13.3 Å². The maximum atomic E-state index is 10.7. The molecular formula is C9H14N2O3. The predicted octanol–water partition coefficient (Wildman–Crippen LogP) is 0.785. The van der Waals surface area contributed by atoms with Crippen LogP contribution in [0.5, 0.6) is 0 Å².